The van der Waals surface area contributed by atoms with Crippen molar-refractivity contribution in [2.24, 2.45) is 16.7 Å². The van der Waals surface area contributed by atoms with Crippen molar-refractivity contribution in [3.05, 3.63) is 23.8 Å². The first-order chi connectivity index (χ1) is 6.79. The van der Waals surface area contributed by atoms with Crippen molar-refractivity contribution < 1.29 is 9.47 Å². The normalized spacial score (nSPS) is 14.4. The van der Waals surface area contributed by atoms with Crippen molar-refractivity contribution in [3.63, 3.8) is 0 Å². The molecule has 0 amide bonds. The van der Waals surface area contributed by atoms with Gasteiger partial charge in [0, 0.05) is 6.42 Å². The van der Waals surface area contributed by atoms with Gasteiger partial charge in [-0.05, 0) is 17.7 Å². The molecule has 1 aliphatic heterocycles. The summed E-state index contributed by atoms with van der Waals surface area (Å²) in [6.45, 7) is 0.277. The molecule has 4 N–H and O–H groups in total. The molecule has 74 valence electrons. The fourth-order valence-corrected chi connectivity index (χ4v) is 1.31. The molecule has 1 aromatic carbocycles. The van der Waals surface area contributed by atoms with Gasteiger partial charge in [0.05, 0.1) is 0 Å². The van der Waals surface area contributed by atoms with Gasteiger partial charge in [0.25, 0.3) is 0 Å². The maximum Gasteiger partial charge on any atom is 0.231 e. The van der Waals surface area contributed by atoms with E-state index < -0.39 is 0 Å². The zero-order valence-electron chi connectivity index (χ0n) is 7.56. The summed E-state index contributed by atoms with van der Waals surface area (Å²) in [5.74, 6) is 6.94. The fraction of sp³-hybridized carbons (Fsp3) is 0.222. The SMILES string of the molecule is N/N=C(\N)Cc1ccc2c(c1)OCO2. The number of hydrazone groups is 1. The highest BCUT2D eigenvalue weighted by Gasteiger charge is 2.13. The fourth-order valence-electron chi connectivity index (χ4n) is 1.31. The van der Waals surface area contributed by atoms with Crippen LogP contribution >= 0.6 is 0 Å². The van der Waals surface area contributed by atoms with Crippen LogP contribution in [0.1, 0.15) is 5.56 Å². The summed E-state index contributed by atoms with van der Waals surface area (Å²) in [5.41, 5.74) is 6.50. The van der Waals surface area contributed by atoms with Crippen molar-refractivity contribution in [1.82, 2.24) is 0 Å². The first kappa shape index (κ1) is 8.68. The third-order valence-electron chi connectivity index (χ3n) is 1.99. The van der Waals surface area contributed by atoms with Crippen LogP contribution in [0.15, 0.2) is 23.3 Å². The van der Waals surface area contributed by atoms with E-state index in [0.717, 1.165) is 17.1 Å². The maximum atomic E-state index is 5.50. The molecule has 2 rings (SSSR count). The van der Waals surface area contributed by atoms with E-state index in [1.807, 2.05) is 18.2 Å². The lowest BCUT2D eigenvalue weighted by Gasteiger charge is -2.01. The van der Waals surface area contributed by atoms with E-state index in [4.69, 9.17) is 21.1 Å². The van der Waals surface area contributed by atoms with Gasteiger partial charge in [-0.15, -0.1) is 0 Å². The number of benzene rings is 1. The van der Waals surface area contributed by atoms with Crippen LogP contribution in [0.5, 0.6) is 11.5 Å². The Hall–Kier alpha value is -1.91. The van der Waals surface area contributed by atoms with Gasteiger partial charge in [0.15, 0.2) is 11.5 Å². The largest absolute Gasteiger partial charge is 0.454 e. The summed E-state index contributed by atoms with van der Waals surface area (Å²) in [7, 11) is 0. The summed E-state index contributed by atoms with van der Waals surface area (Å²) >= 11 is 0. The van der Waals surface area contributed by atoms with E-state index in [-0.39, 0.29) is 6.79 Å². The van der Waals surface area contributed by atoms with Crippen LogP contribution in [0.25, 0.3) is 0 Å². The summed E-state index contributed by atoms with van der Waals surface area (Å²) in [6.07, 6.45) is 0.521. The van der Waals surface area contributed by atoms with Gasteiger partial charge >= 0.3 is 0 Å². The number of rotatable bonds is 2. The van der Waals surface area contributed by atoms with Crippen LogP contribution in [0.4, 0.5) is 0 Å². The van der Waals surface area contributed by atoms with Gasteiger partial charge in [0.1, 0.15) is 5.84 Å². The van der Waals surface area contributed by atoms with Gasteiger partial charge in [-0.3, -0.25) is 0 Å². The first-order valence-corrected chi connectivity index (χ1v) is 4.20. The van der Waals surface area contributed by atoms with Crippen LogP contribution in [-0.4, -0.2) is 12.6 Å². The molecule has 0 saturated heterocycles. The number of nitrogens with zero attached hydrogens (tertiary/aromatic N) is 1. The molecule has 1 heterocycles. The molecule has 0 aromatic heterocycles. The maximum absolute atomic E-state index is 5.50. The molecule has 1 aromatic rings. The highest BCUT2D eigenvalue weighted by molar-refractivity contribution is 5.82. The molecule has 0 atom stereocenters. The van der Waals surface area contributed by atoms with Crippen LogP contribution < -0.4 is 21.1 Å². The van der Waals surface area contributed by atoms with E-state index >= 15 is 0 Å². The number of fused-ring (bicyclic) bond motifs is 1. The standard InChI is InChI=1S/C9H11N3O2/c10-9(12-11)4-6-1-2-7-8(3-6)14-5-13-7/h1-3H,4-5,11H2,(H2,10,12). The molecular formula is C9H11N3O2. The number of amidine groups is 1. The predicted molar refractivity (Wildman–Crippen MR) is 52.1 cm³/mol. The minimum Gasteiger partial charge on any atom is -0.454 e. The minimum absolute atomic E-state index is 0.277. The molecule has 1 aliphatic rings. The molecule has 5 nitrogen and oxygen atoms in total. The second-order valence-electron chi connectivity index (χ2n) is 2.98. The van der Waals surface area contributed by atoms with Gasteiger partial charge in [-0.1, -0.05) is 6.07 Å². The summed E-state index contributed by atoms with van der Waals surface area (Å²) in [4.78, 5) is 0. The molecular weight excluding hydrogens is 182 g/mol. The lowest BCUT2D eigenvalue weighted by Crippen LogP contribution is -2.16. The van der Waals surface area contributed by atoms with E-state index in [0.29, 0.717) is 12.3 Å². The lowest BCUT2D eigenvalue weighted by atomic mass is 10.1. The quantitative estimate of drug-likeness (QED) is 0.304. The van der Waals surface area contributed by atoms with E-state index in [2.05, 4.69) is 5.10 Å². The zero-order valence-corrected chi connectivity index (χ0v) is 7.56. The van der Waals surface area contributed by atoms with Crippen molar-refractivity contribution in [2.45, 2.75) is 6.42 Å². The molecule has 0 aliphatic carbocycles. The minimum atomic E-state index is 0.277. The number of hydrogen-bond acceptors (Lipinski definition) is 4. The molecule has 0 spiro atoms. The third-order valence-corrected chi connectivity index (χ3v) is 1.99. The van der Waals surface area contributed by atoms with Crippen molar-refractivity contribution >= 4 is 5.84 Å². The Morgan fingerprint density at radius 2 is 2.14 bits per heavy atom. The second kappa shape index (κ2) is 3.45. The Morgan fingerprint density at radius 3 is 2.93 bits per heavy atom. The van der Waals surface area contributed by atoms with Crippen molar-refractivity contribution in [3.8, 4) is 11.5 Å². The lowest BCUT2D eigenvalue weighted by molar-refractivity contribution is 0.174. The Kier molecular flexibility index (Phi) is 2.14. The molecule has 0 bridgehead atoms. The summed E-state index contributed by atoms with van der Waals surface area (Å²) in [6, 6.07) is 5.63. The van der Waals surface area contributed by atoms with Gasteiger partial charge in [-0.2, -0.15) is 5.10 Å². The van der Waals surface area contributed by atoms with E-state index in [1.54, 1.807) is 0 Å². The van der Waals surface area contributed by atoms with Gasteiger partial charge < -0.3 is 21.1 Å². The topological polar surface area (TPSA) is 82.9 Å². The predicted octanol–water partition coefficient (Wildman–Crippen LogP) is 0.189. The Morgan fingerprint density at radius 1 is 1.36 bits per heavy atom. The summed E-state index contributed by atoms with van der Waals surface area (Å²) < 4.78 is 10.4. The monoisotopic (exact) mass is 193 g/mol. The summed E-state index contributed by atoms with van der Waals surface area (Å²) in [5, 5.41) is 3.40. The Labute approximate surface area is 81.3 Å². The highest BCUT2D eigenvalue weighted by atomic mass is 16.7. The average molecular weight is 193 g/mol. The average Bonchev–Trinajstić information content (AvgIpc) is 2.64. The number of ether oxygens (including phenoxy) is 2. The molecule has 0 unspecified atom stereocenters. The van der Waals surface area contributed by atoms with Gasteiger partial charge in [-0.25, -0.2) is 0 Å². The molecule has 14 heavy (non-hydrogen) atoms. The zero-order chi connectivity index (χ0) is 9.97. The van der Waals surface area contributed by atoms with Gasteiger partial charge in [0.2, 0.25) is 6.79 Å². The van der Waals surface area contributed by atoms with Crippen molar-refractivity contribution in [1.29, 1.82) is 0 Å². The van der Waals surface area contributed by atoms with Crippen LogP contribution in [0, 0.1) is 0 Å². The first-order valence-electron chi connectivity index (χ1n) is 4.20. The smallest absolute Gasteiger partial charge is 0.231 e. The molecule has 0 radical (unpaired) electrons. The van der Waals surface area contributed by atoms with E-state index in [9.17, 15) is 0 Å². The van der Waals surface area contributed by atoms with Crippen LogP contribution in [-0.2, 0) is 6.42 Å². The number of hydrogen-bond donors (Lipinski definition) is 2. The Balaban J connectivity index is 2.21. The molecule has 5 heteroatoms. The second-order valence-corrected chi connectivity index (χ2v) is 2.98. The van der Waals surface area contributed by atoms with Crippen LogP contribution in [0.2, 0.25) is 0 Å². The van der Waals surface area contributed by atoms with Crippen LogP contribution in [0.3, 0.4) is 0 Å². The Bertz CT molecular complexity index is 376. The van der Waals surface area contributed by atoms with Crippen molar-refractivity contribution in [2.75, 3.05) is 6.79 Å². The highest BCUT2D eigenvalue weighted by Crippen LogP contribution is 2.32. The molecule has 0 fully saturated rings. The number of nitrogens with two attached hydrogens (primary N) is 2. The third kappa shape index (κ3) is 1.56. The van der Waals surface area contributed by atoms with E-state index in [1.165, 1.54) is 0 Å². The molecule has 0 saturated carbocycles.